The van der Waals surface area contributed by atoms with Gasteiger partial charge in [-0.1, -0.05) is 6.92 Å². The molecule has 4 nitrogen and oxygen atoms in total. The summed E-state index contributed by atoms with van der Waals surface area (Å²) < 4.78 is 5.51. The van der Waals surface area contributed by atoms with Gasteiger partial charge >= 0.3 is 0 Å². The number of halogens is 1. The largest absolute Gasteiger partial charge is 0.478 e. The van der Waals surface area contributed by atoms with E-state index in [1.807, 2.05) is 7.05 Å². The third kappa shape index (κ3) is 3.48. The maximum atomic E-state index is 5.99. The van der Waals surface area contributed by atoms with Crippen LogP contribution in [0.2, 0.25) is 0 Å². The van der Waals surface area contributed by atoms with Crippen LogP contribution in [0, 0.1) is 5.92 Å². The maximum Gasteiger partial charge on any atom is 0.228 e. The van der Waals surface area contributed by atoms with Crippen molar-refractivity contribution in [1.29, 1.82) is 0 Å². The quantitative estimate of drug-likeness (QED) is 0.745. The molecule has 100 valence electrons. The van der Waals surface area contributed by atoms with Crippen molar-refractivity contribution in [3.8, 4) is 5.88 Å². The van der Waals surface area contributed by atoms with E-state index in [0.29, 0.717) is 23.8 Å². The van der Waals surface area contributed by atoms with Gasteiger partial charge in [0.2, 0.25) is 11.8 Å². The molecule has 0 unspecified atom stereocenters. The molecule has 0 N–H and O–H groups in total. The third-order valence-corrected chi connectivity index (χ3v) is 3.48. The van der Waals surface area contributed by atoms with E-state index in [-0.39, 0.29) is 0 Å². The van der Waals surface area contributed by atoms with Crippen LogP contribution >= 0.6 is 11.6 Å². The highest BCUT2D eigenvalue weighted by atomic mass is 35.5. The highest BCUT2D eigenvalue weighted by molar-refractivity contribution is 6.21. The van der Waals surface area contributed by atoms with Crippen molar-refractivity contribution in [3.05, 3.63) is 12.3 Å². The van der Waals surface area contributed by atoms with Crippen molar-refractivity contribution in [1.82, 2.24) is 9.97 Å². The molecule has 1 fully saturated rings. The molecule has 0 saturated heterocycles. The summed E-state index contributed by atoms with van der Waals surface area (Å²) >= 11 is 5.99. The van der Waals surface area contributed by atoms with E-state index in [2.05, 4.69) is 21.8 Å². The molecular weight excluding hydrogens is 250 g/mol. The molecule has 0 atom stereocenters. The Balaban J connectivity index is 1.90. The number of nitrogens with zero attached hydrogens (tertiary/aromatic N) is 3. The highest BCUT2D eigenvalue weighted by Gasteiger charge is 2.28. The summed E-state index contributed by atoms with van der Waals surface area (Å²) in [6.45, 7) is 3.73. The van der Waals surface area contributed by atoms with Crippen LogP contribution < -0.4 is 9.64 Å². The van der Waals surface area contributed by atoms with Crippen LogP contribution in [-0.2, 0) is 0 Å². The maximum absolute atomic E-state index is 5.99. The third-order valence-electron chi connectivity index (χ3n) is 3.12. The molecule has 0 aliphatic heterocycles. The fraction of sp³-hybridized carbons (Fsp3) is 0.692. The highest BCUT2D eigenvalue weighted by Crippen LogP contribution is 2.32. The first-order chi connectivity index (χ1) is 8.69. The molecule has 1 saturated carbocycles. The minimum Gasteiger partial charge on any atom is -0.478 e. The number of anilines is 1. The van der Waals surface area contributed by atoms with E-state index in [0.717, 1.165) is 31.8 Å². The van der Waals surface area contributed by atoms with Crippen LogP contribution in [0.1, 0.15) is 26.2 Å². The summed E-state index contributed by atoms with van der Waals surface area (Å²) in [5, 5.41) is 0.364. The Kier molecular flexibility index (Phi) is 4.64. The van der Waals surface area contributed by atoms with Gasteiger partial charge in [-0.15, -0.1) is 11.6 Å². The average Bonchev–Trinajstić information content (AvgIpc) is 2.35. The molecule has 1 aromatic heterocycles. The van der Waals surface area contributed by atoms with Crippen molar-refractivity contribution < 1.29 is 4.74 Å². The van der Waals surface area contributed by atoms with Gasteiger partial charge in [-0.2, -0.15) is 4.98 Å². The van der Waals surface area contributed by atoms with E-state index in [1.165, 1.54) is 0 Å². The fourth-order valence-corrected chi connectivity index (χ4v) is 2.58. The molecule has 0 bridgehead atoms. The first-order valence-corrected chi connectivity index (χ1v) is 6.93. The predicted octanol–water partition coefficient (Wildman–Crippen LogP) is 2.72. The van der Waals surface area contributed by atoms with E-state index in [1.54, 1.807) is 12.3 Å². The van der Waals surface area contributed by atoms with E-state index >= 15 is 0 Å². The second-order valence-corrected chi connectivity index (χ2v) is 5.48. The first-order valence-electron chi connectivity index (χ1n) is 6.50. The SMILES string of the molecule is CCCOc1ccnc(N(C)CC2CC(Cl)C2)n1. The molecule has 0 spiro atoms. The summed E-state index contributed by atoms with van der Waals surface area (Å²) in [5.41, 5.74) is 0. The van der Waals surface area contributed by atoms with Gasteiger partial charge in [-0.05, 0) is 25.2 Å². The van der Waals surface area contributed by atoms with Crippen LogP contribution in [0.15, 0.2) is 12.3 Å². The number of hydrogen-bond acceptors (Lipinski definition) is 4. The monoisotopic (exact) mass is 269 g/mol. The second kappa shape index (κ2) is 6.23. The summed E-state index contributed by atoms with van der Waals surface area (Å²) in [6.07, 6.45) is 4.92. The molecular formula is C13H20ClN3O. The molecule has 5 heteroatoms. The zero-order valence-electron chi connectivity index (χ0n) is 11.0. The van der Waals surface area contributed by atoms with Gasteiger partial charge in [0.15, 0.2) is 0 Å². The van der Waals surface area contributed by atoms with E-state index < -0.39 is 0 Å². The Morgan fingerprint density at radius 3 is 2.94 bits per heavy atom. The van der Waals surface area contributed by atoms with Crippen LogP contribution in [0.25, 0.3) is 0 Å². The normalized spacial score (nSPS) is 22.4. The van der Waals surface area contributed by atoms with Gasteiger partial charge < -0.3 is 9.64 Å². The number of ether oxygens (including phenoxy) is 1. The lowest BCUT2D eigenvalue weighted by Crippen LogP contribution is -2.35. The lowest BCUT2D eigenvalue weighted by atomic mass is 9.84. The van der Waals surface area contributed by atoms with Gasteiger partial charge in [0, 0.05) is 31.2 Å². The summed E-state index contributed by atoms with van der Waals surface area (Å²) in [5.74, 6) is 2.04. The number of rotatable bonds is 6. The molecule has 1 aliphatic rings. The Bertz CT molecular complexity index is 382. The lowest BCUT2D eigenvalue weighted by Gasteiger charge is -2.34. The summed E-state index contributed by atoms with van der Waals surface area (Å²) in [4.78, 5) is 10.8. The molecule has 0 aromatic carbocycles. The zero-order valence-corrected chi connectivity index (χ0v) is 11.7. The standard InChI is InChI=1S/C13H20ClN3O/c1-3-6-18-12-4-5-15-13(16-12)17(2)9-10-7-11(14)8-10/h4-5,10-11H,3,6-9H2,1-2H3. The second-order valence-electron chi connectivity index (χ2n) is 4.86. The lowest BCUT2D eigenvalue weighted by molar-refractivity contribution is 0.303. The molecule has 1 aliphatic carbocycles. The van der Waals surface area contributed by atoms with Crippen molar-refractivity contribution in [2.24, 2.45) is 5.92 Å². The minimum atomic E-state index is 0.364. The Labute approximate surface area is 113 Å². The van der Waals surface area contributed by atoms with Crippen molar-refractivity contribution in [2.75, 3.05) is 25.1 Å². The number of alkyl halides is 1. The van der Waals surface area contributed by atoms with Gasteiger partial charge in [-0.3, -0.25) is 0 Å². The summed E-state index contributed by atoms with van der Waals surface area (Å²) in [6, 6.07) is 1.80. The molecule has 2 rings (SSSR count). The Hall–Kier alpha value is -1.03. The van der Waals surface area contributed by atoms with Crippen LogP contribution in [-0.4, -0.2) is 35.5 Å². The van der Waals surface area contributed by atoms with E-state index in [9.17, 15) is 0 Å². The molecule has 1 heterocycles. The van der Waals surface area contributed by atoms with Crippen LogP contribution in [0.4, 0.5) is 5.95 Å². The van der Waals surface area contributed by atoms with Gasteiger partial charge in [0.05, 0.1) is 6.61 Å². The zero-order chi connectivity index (χ0) is 13.0. The fourth-order valence-electron chi connectivity index (χ4n) is 2.08. The number of aromatic nitrogens is 2. The van der Waals surface area contributed by atoms with Crippen molar-refractivity contribution in [2.45, 2.75) is 31.6 Å². The van der Waals surface area contributed by atoms with Gasteiger partial charge in [0.25, 0.3) is 0 Å². The van der Waals surface area contributed by atoms with E-state index in [4.69, 9.17) is 16.3 Å². The molecule has 18 heavy (non-hydrogen) atoms. The molecule has 0 amide bonds. The minimum absolute atomic E-state index is 0.364. The van der Waals surface area contributed by atoms with Crippen LogP contribution in [0.5, 0.6) is 5.88 Å². The smallest absolute Gasteiger partial charge is 0.228 e. The average molecular weight is 270 g/mol. The topological polar surface area (TPSA) is 38.2 Å². The van der Waals surface area contributed by atoms with Crippen molar-refractivity contribution in [3.63, 3.8) is 0 Å². The Morgan fingerprint density at radius 2 is 2.28 bits per heavy atom. The molecule has 1 aromatic rings. The summed E-state index contributed by atoms with van der Waals surface area (Å²) in [7, 11) is 2.01. The predicted molar refractivity (Wildman–Crippen MR) is 73.5 cm³/mol. The van der Waals surface area contributed by atoms with Gasteiger partial charge in [0.1, 0.15) is 0 Å². The molecule has 0 radical (unpaired) electrons. The van der Waals surface area contributed by atoms with Crippen molar-refractivity contribution >= 4 is 17.5 Å². The van der Waals surface area contributed by atoms with Gasteiger partial charge in [-0.25, -0.2) is 4.98 Å². The number of hydrogen-bond donors (Lipinski definition) is 0. The van der Waals surface area contributed by atoms with Crippen LogP contribution in [0.3, 0.4) is 0 Å². The first kappa shape index (κ1) is 13.4. The Morgan fingerprint density at radius 1 is 1.50 bits per heavy atom.